The number of anilines is 1. The first-order valence-electron chi connectivity index (χ1n) is 16.3. The van der Waals surface area contributed by atoms with Gasteiger partial charge in [-0.15, -0.1) is 0 Å². The molecule has 2 aromatic rings. The molecular weight excluding hydrogens is 478 g/mol. The third-order valence-corrected chi connectivity index (χ3v) is 8.10. The molecule has 0 heterocycles. The summed E-state index contributed by atoms with van der Waals surface area (Å²) >= 11 is 0. The van der Waals surface area contributed by atoms with Gasteiger partial charge in [-0.25, -0.2) is 0 Å². The summed E-state index contributed by atoms with van der Waals surface area (Å²) < 4.78 is 0. The van der Waals surface area contributed by atoms with Gasteiger partial charge >= 0.3 is 0 Å². The lowest BCUT2D eigenvalue weighted by molar-refractivity contribution is 0.0972. The van der Waals surface area contributed by atoms with Gasteiger partial charge in [-0.05, 0) is 35.7 Å². The van der Waals surface area contributed by atoms with E-state index in [1.807, 2.05) is 43.3 Å². The Morgan fingerprint density at radius 2 is 1.03 bits per heavy atom. The number of unbranched alkanes of at least 4 members (excludes halogenated alkanes) is 16. The molecule has 0 aliphatic rings. The molecule has 0 N–H and O–H groups in total. The maximum Gasteiger partial charge on any atom is 0.165 e. The maximum absolute atomic E-state index is 13.4. The number of ketones is 2. The van der Waals surface area contributed by atoms with Crippen LogP contribution in [-0.4, -0.2) is 25.7 Å². The molecule has 0 fully saturated rings. The third kappa shape index (κ3) is 12.3. The van der Waals surface area contributed by atoms with Gasteiger partial charge in [-0.3, -0.25) is 9.59 Å². The van der Waals surface area contributed by atoms with Crippen molar-refractivity contribution in [3.63, 3.8) is 0 Å². The highest BCUT2D eigenvalue weighted by molar-refractivity contribution is 6.13. The van der Waals surface area contributed by atoms with Crippen molar-refractivity contribution in [1.82, 2.24) is 0 Å². The summed E-state index contributed by atoms with van der Waals surface area (Å²) in [6.07, 6.45) is 23.8. The number of carbonyl (C=O) groups is 2. The van der Waals surface area contributed by atoms with E-state index >= 15 is 0 Å². The molecule has 2 rings (SSSR count). The second kappa shape index (κ2) is 19.8. The zero-order valence-corrected chi connectivity index (χ0v) is 25.8. The molecule has 0 atom stereocenters. The van der Waals surface area contributed by atoms with Crippen molar-refractivity contribution < 1.29 is 9.59 Å². The number of rotatable bonds is 23. The minimum Gasteiger partial charge on any atom is -0.377 e. The lowest BCUT2D eigenvalue weighted by atomic mass is 9.93. The molecule has 0 unspecified atom stereocenters. The second-order valence-electron chi connectivity index (χ2n) is 11.8. The summed E-state index contributed by atoms with van der Waals surface area (Å²) in [7, 11) is 4.00. The van der Waals surface area contributed by atoms with Crippen LogP contribution in [0.25, 0.3) is 10.8 Å². The van der Waals surface area contributed by atoms with E-state index < -0.39 is 0 Å². The summed E-state index contributed by atoms with van der Waals surface area (Å²) in [5.41, 5.74) is 2.56. The van der Waals surface area contributed by atoms with Crippen LogP contribution < -0.4 is 4.90 Å². The Hall–Kier alpha value is -2.16. The van der Waals surface area contributed by atoms with Crippen LogP contribution in [0.5, 0.6) is 0 Å². The van der Waals surface area contributed by atoms with Gasteiger partial charge in [-0.1, -0.05) is 135 Å². The molecule has 0 aliphatic heterocycles. The van der Waals surface area contributed by atoms with Crippen molar-refractivity contribution in [1.29, 1.82) is 0 Å². The van der Waals surface area contributed by atoms with Crippen molar-refractivity contribution in [3.05, 3.63) is 41.5 Å². The largest absolute Gasteiger partial charge is 0.377 e. The number of Topliss-reactive ketones (excluding diaryl/α,β-unsaturated/α-hetero) is 2. The maximum atomic E-state index is 13.4. The molecule has 0 aliphatic carbocycles. The summed E-state index contributed by atoms with van der Waals surface area (Å²) in [5, 5.41) is 1.97. The highest BCUT2D eigenvalue weighted by Gasteiger charge is 2.18. The summed E-state index contributed by atoms with van der Waals surface area (Å²) in [6, 6.07) is 10.1. The van der Waals surface area contributed by atoms with Crippen LogP contribution in [-0.2, 0) is 0 Å². The summed E-state index contributed by atoms with van der Waals surface area (Å²) in [5.74, 6) is 0.445. The lowest BCUT2D eigenvalue weighted by Gasteiger charge is -2.19. The summed E-state index contributed by atoms with van der Waals surface area (Å²) in [4.78, 5) is 28.4. The van der Waals surface area contributed by atoms with Crippen LogP contribution in [0.2, 0.25) is 0 Å². The predicted molar refractivity (Wildman–Crippen MR) is 171 cm³/mol. The van der Waals surface area contributed by atoms with Gasteiger partial charge in [0.1, 0.15) is 0 Å². The Labute approximate surface area is 240 Å². The van der Waals surface area contributed by atoms with E-state index in [2.05, 4.69) is 19.9 Å². The van der Waals surface area contributed by atoms with Gasteiger partial charge in [0.25, 0.3) is 0 Å². The van der Waals surface area contributed by atoms with E-state index in [-0.39, 0.29) is 11.6 Å². The molecule has 0 spiro atoms. The van der Waals surface area contributed by atoms with Crippen molar-refractivity contribution in [3.8, 4) is 0 Å². The topological polar surface area (TPSA) is 37.4 Å². The Bertz CT molecular complexity index is 977. The first-order chi connectivity index (χ1) is 19.0. The van der Waals surface area contributed by atoms with Crippen LogP contribution in [0.3, 0.4) is 0 Å². The SMILES string of the molecule is CCCCCCCCCCCC(=O)c1ccc2c(C(=O)CCCCCCCCCCC)c(N(C)C)ccc2c1. The van der Waals surface area contributed by atoms with Crippen LogP contribution in [0, 0.1) is 0 Å². The van der Waals surface area contributed by atoms with Gasteiger partial charge in [0, 0.05) is 43.8 Å². The molecule has 3 nitrogen and oxygen atoms in total. The van der Waals surface area contributed by atoms with Crippen molar-refractivity contribution in [2.24, 2.45) is 0 Å². The van der Waals surface area contributed by atoms with Crippen molar-refractivity contribution in [2.45, 2.75) is 142 Å². The minimum absolute atomic E-state index is 0.221. The fraction of sp³-hybridized carbons (Fsp3) is 0.667. The molecule has 0 saturated heterocycles. The number of benzene rings is 2. The van der Waals surface area contributed by atoms with E-state index in [0.717, 1.165) is 53.3 Å². The molecular formula is C36H57NO2. The molecule has 2 aromatic carbocycles. The fourth-order valence-electron chi connectivity index (χ4n) is 5.62. The molecule has 3 heteroatoms. The Morgan fingerprint density at radius 1 is 0.564 bits per heavy atom. The second-order valence-corrected chi connectivity index (χ2v) is 11.8. The number of nitrogens with zero attached hydrogens (tertiary/aromatic N) is 1. The minimum atomic E-state index is 0.221. The first kappa shape index (κ1) is 33.0. The average Bonchev–Trinajstić information content (AvgIpc) is 2.94. The number of carbonyl (C=O) groups excluding carboxylic acids is 2. The zero-order chi connectivity index (χ0) is 28.3. The lowest BCUT2D eigenvalue weighted by Crippen LogP contribution is -2.14. The monoisotopic (exact) mass is 535 g/mol. The number of hydrogen-bond donors (Lipinski definition) is 0. The van der Waals surface area contributed by atoms with Gasteiger partial charge in [0.15, 0.2) is 11.6 Å². The first-order valence-corrected chi connectivity index (χ1v) is 16.3. The molecule has 0 radical (unpaired) electrons. The number of fused-ring (bicyclic) bond motifs is 1. The van der Waals surface area contributed by atoms with Crippen molar-refractivity contribution in [2.75, 3.05) is 19.0 Å². The van der Waals surface area contributed by atoms with E-state index in [1.54, 1.807) is 0 Å². The van der Waals surface area contributed by atoms with E-state index in [0.29, 0.717) is 12.8 Å². The zero-order valence-electron chi connectivity index (χ0n) is 25.8. The quantitative estimate of drug-likeness (QED) is 0.105. The van der Waals surface area contributed by atoms with Crippen molar-refractivity contribution >= 4 is 28.0 Å². The molecule has 0 aromatic heterocycles. The van der Waals surface area contributed by atoms with Crippen LogP contribution >= 0.6 is 0 Å². The Kier molecular flexibility index (Phi) is 16.8. The number of hydrogen-bond acceptors (Lipinski definition) is 3. The van der Waals surface area contributed by atoms with Crippen LogP contribution in [0.15, 0.2) is 30.3 Å². The standard InChI is InChI=1S/C36H57NO2/c1-5-7-9-11-13-15-17-19-21-23-34(38)31-25-27-32-30(29-31)26-28-33(37(3)4)36(32)35(39)24-22-20-18-16-14-12-10-8-6-2/h25-29H,5-24H2,1-4H3. The van der Waals surface area contributed by atoms with E-state index in [9.17, 15) is 9.59 Å². The fourth-order valence-corrected chi connectivity index (χ4v) is 5.62. The Balaban J connectivity index is 1.89. The highest BCUT2D eigenvalue weighted by Crippen LogP contribution is 2.31. The molecule has 218 valence electrons. The molecule has 0 bridgehead atoms. The highest BCUT2D eigenvalue weighted by atomic mass is 16.1. The molecule has 39 heavy (non-hydrogen) atoms. The van der Waals surface area contributed by atoms with Gasteiger partial charge < -0.3 is 4.90 Å². The Morgan fingerprint density at radius 3 is 1.51 bits per heavy atom. The van der Waals surface area contributed by atoms with E-state index in [4.69, 9.17) is 0 Å². The summed E-state index contributed by atoms with van der Waals surface area (Å²) in [6.45, 7) is 4.51. The molecule has 0 amide bonds. The van der Waals surface area contributed by atoms with Crippen LogP contribution in [0.1, 0.15) is 163 Å². The van der Waals surface area contributed by atoms with Gasteiger partial charge in [0.05, 0.1) is 0 Å². The van der Waals surface area contributed by atoms with Crippen LogP contribution in [0.4, 0.5) is 5.69 Å². The van der Waals surface area contributed by atoms with E-state index in [1.165, 1.54) is 89.9 Å². The smallest absolute Gasteiger partial charge is 0.165 e. The predicted octanol–water partition coefficient (Wildman–Crippen LogP) is 11.1. The van der Waals surface area contributed by atoms with Gasteiger partial charge in [0.2, 0.25) is 0 Å². The average molecular weight is 536 g/mol. The molecule has 0 saturated carbocycles. The third-order valence-electron chi connectivity index (χ3n) is 8.10. The van der Waals surface area contributed by atoms with Gasteiger partial charge in [-0.2, -0.15) is 0 Å². The normalized spacial score (nSPS) is 11.3.